The summed E-state index contributed by atoms with van der Waals surface area (Å²) in [6.07, 6.45) is 5.49. The van der Waals surface area contributed by atoms with E-state index in [-0.39, 0.29) is 0 Å². The fourth-order valence-corrected chi connectivity index (χ4v) is 3.12. The van der Waals surface area contributed by atoms with Crippen LogP contribution in [0.15, 0.2) is 35.4 Å². The second-order valence-electron chi connectivity index (χ2n) is 5.80. The van der Waals surface area contributed by atoms with Crippen molar-refractivity contribution in [1.29, 1.82) is 0 Å². The van der Waals surface area contributed by atoms with Crippen molar-refractivity contribution in [3.63, 3.8) is 0 Å². The van der Waals surface area contributed by atoms with Crippen LogP contribution < -0.4 is 4.74 Å². The van der Waals surface area contributed by atoms with Crippen molar-refractivity contribution in [2.45, 2.75) is 19.3 Å². The molecule has 4 nitrogen and oxygen atoms in total. The molecule has 1 aromatic heterocycles. The molecule has 0 amide bonds. The van der Waals surface area contributed by atoms with Gasteiger partial charge in [0.05, 0.1) is 12.0 Å². The van der Waals surface area contributed by atoms with Gasteiger partial charge in [-0.15, -0.1) is 6.58 Å². The maximum absolute atomic E-state index is 5.93. The maximum atomic E-state index is 5.93. The van der Waals surface area contributed by atoms with E-state index in [2.05, 4.69) is 16.6 Å². The molecule has 0 bridgehead atoms. The number of aromatic nitrogens is 1. The van der Waals surface area contributed by atoms with Crippen molar-refractivity contribution in [3.8, 4) is 5.88 Å². The highest BCUT2D eigenvalue weighted by molar-refractivity contribution is 6.31. The largest absolute Gasteiger partial charge is 0.475 e. The zero-order valence-electron chi connectivity index (χ0n) is 12.6. The topological polar surface area (TPSA) is 38.5 Å². The Balaban J connectivity index is 1.48. The minimum atomic E-state index is 0.566. The Hall–Kier alpha value is -1.52. The number of rotatable bonds is 6. The maximum Gasteiger partial charge on any atom is 0.262 e. The summed E-state index contributed by atoms with van der Waals surface area (Å²) in [5, 5.41) is 5.50. The van der Waals surface area contributed by atoms with Crippen molar-refractivity contribution < 1.29 is 9.26 Å². The summed E-state index contributed by atoms with van der Waals surface area (Å²) in [5.41, 5.74) is 0.667. The number of piperidine rings is 1. The summed E-state index contributed by atoms with van der Waals surface area (Å²) in [6, 6.07) is 5.46. The summed E-state index contributed by atoms with van der Waals surface area (Å²) in [7, 11) is 0. The van der Waals surface area contributed by atoms with E-state index < -0.39 is 0 Å². The van der Waals surface area contributed by atoms with E-state index in [4.69, 9.17) is 20.9 Å². The van der Waals surface area contributed by atoms with Gasteiger partial charge in [-0.3, -0.25) is 4.90 Å². The van der Waals surface area contributed by atoms with Crippen LogP contribution in [0.1, 0.15) is 19.3 Å². The van der Waals surface area contributed by atoms with Crippen molar-refractivity contribution in [3.05, 3.63) is 35.9 Å². The van der Waals surface area contributed by atoms with Crippen LogP contribution >= 0.6 is 11.6 Å². The molecular formula is C17H21ClN2O2. The minimum absolute atomic E-state index is 0.566. The third kappa shape index (κ3) is 3.62. The number of benzene rings is 1. The number of hydrogen-bond donors (Lipinski definition) is 0. The summed E-state index contributed by atoms with van der Waals surface area (Å²) in [6.45, 7) is 7.78. The zero-order valence-corrected chi connectivity index (χ0v) is 13.4. The molecule has 5 heteroatoms. The van der Waals surface area contributed by atoms with E-state index in [0.29, 0.717) is 23.1 Å². The number of halogens is 1. The van der Waals surface area contributed by atoms with Crippen LogP contribution in [-0.4, -0.2) is 36.3 Å². The van der Waals surface area contributed by atoms with Gasteiger partial charge < -0.3 is 9.26 Å². The van der Waals surface area contributed by atoms with Crippen LogP contribution in [0.2, 0.25) is 5.02 Å². The molecule has 2 heterocycles. The Kier molecular flexibility index (Phi) is 5.01. The van der Waals surface area contributed by atoms with Gasteiger partial charge in [0.2, 0.25) is 0 Å². The predicted molar refractivity (Wildman–Crippen MR) is 88.5 cm³/mol. The number of ether oxygens (including phenoxy) is 1. The van der Waals surface area contributed by atoms with Gasteiger partial charge in [-0.05, 0) is 55.6 Å². The molecule has 22 heavy (non-hydrogen) atoms. The Morgan fingerprint density at radius 3 is 3.00 bits per heavy atom. The lowest BCUT2D eigenvalue weighted by Gasteiger charge is -2.30. The number of fused-ring (bicyclic) bond motifs is 1. The molecule has 3 rings (SSSR count). The summed E-state index contributed by atoms with van der Waals surface area (Å²) in [5.74, 6) is 1.30. The van der Waals surface area contributed by atoms with Crippen LogP contribution in [0.4, 0.5) is 0 Å². The molecule has 1 aromatic carbocycles. The van der Waals surface area contributed by atoms with E-state index in [1.54, 1.807) is 6.07 Å². The minimum Gasteiger partial charge on any atom is -0.475 e. The Morgan fingerprint density at radius 2 is 2.23 bits per heavy atom. The van der Waals surface area contributed by atoms with Crippen LogP contribution in [0, 0.1) is 5.92 Å². The molecule has 0 N–H and O–H groups in total. The molecule has 0 radical (unpaired) electrons. The lowest BCUT2D eigenvalue weighted by molar-refractivity contribution is 0.172. The summed E-state index contributed by atoms with van der Waals surface area (Å²) in [4.78, 5) is 2.44. The number of hydrogen-bond acceptors (Lipinski definition) is 4. The van der Waals surface area contributed by atoms with E-state index in [1.165, 1.54) is 12.8 Å². The first-order valence-corrected chi connectivity index (χ1v) is 8.15. The third-order valence-electron chi connectivity index (χ3n) is 4.26. The lowest BCUT2D eigenvalue weighted by Crippen LogP contribution is -2.34. The van der Waals surface area contributed by atoms with Gasteiger partial charge in [0.15, 0.2) is 5.58 Å². The van der Waals surface area contributed by atoms with Crippen molar-refractivity contribution in [2.24, 2.45) is 5.92 Å². The first-order valence-electron chi connectivity index (χ1n) is 7.77. The van der Waals surface area contributed by atoms with Gasteiger partial charge in [0.1, 0.15) is 0 Å². The standard InChI is InChI=1S/C17H21ClN2O2/c1-2-8-20-9-5-13(6-10-20)7-11-21-17-15-4-3-14(18)12-16(15)22-19-17/h2-4,12-13H,1,5-11H2. The third-order valence-corrected chi connectivity index (χ3v) is 4.50. The van der Waals surface area contributed by atoms with Crippen molar-refractivity contribution in [2.75, 3.05) is 26.2 Å². The van der Waals surface area contributed by atoms with Gasteiger partial charge in [-0.1, -0.05) is 17.7 Å². The average molecular weight is 321 g/mol. The zero-order chi connectivity index (χ0) is 15.4. The molecule has 1 aliphatic heterocycles. The quantitative estimate of drug-likeness (QED) is 0.749. The van der Waals surface area contributed by atoms with Gasteiger partial charge in [-0.2, -0.15) is 0 Å². The van der Waals surface area contributed by atoms with Crippen molar-refractivity contribution in [1.82, 2.24) is 10.1 Å². The normalized spacial score (nSPS) is 17.0. The Bertz CT molecular complexity index is 633. The van der Waals surface area contributed by atoms with Crippen LogP contribution in [0.3, 0.4) is 0 Å². The molecule has 1 fully saturated rings. The molecular weight excluding hydrogens is 300 g/mol. The molecule has 0 unspecified atom stereocenters. The highest BCUT2D eigenvalue weighted by atomic mass is 35.5. The molecule has 1 aliphatic rings. The van der Waals surface area contributed by atoms with E-state index >= 15 is 0 Å². The number of likely N-dealkylation sites (tertiary alicyclic amines) is 1. The molecule has 118 valence electrons. The van der Waals surface area contributed by atoms with E-state index in [1.807, 2.05) is 18.2 Å². The molecule has 1 saturated heterocycles. The predicted octanol–water partition coefficient (Wildman–Crippen LogP) is 4.15. The second kappa shape index (κ2) is 7.16. The second-order valence-corrected chi connectivity index (χ2v) is 6.23. The Morgan fingerprint density at radius 1 is 1.41 bits per heavy atom. The first kappa shape index (κ1) is 15.4. The van der Waals surface area contributed by atoms with Crippen LogP contribution in [0.25, 0.3) is 11.0 Å². The summed E-state index contributed by atoms with van der Waals surface area (Å²) < 4.78 is 11.0. The molecule has 0 saturated carbocycles. The average Bonchev–Trinajstić information content (AvgIpc) is 2.91. The van der Waals surface area contributed by atoms with Gasteiger partial charge >= 0.3 is 0 Å². The highest BCUT2D eigenvalue weighted by Crippen LogP contribution is 2.28. The van der Waals surface area contributed by atoms with Crippen LogP contribution in [-0.2, 0) is 0 Å². The molecule has 0 atom stereocenters. The van der Waals surface area contributed by atoms with Gasteiger partial charge in [-0.25, -0.2) is 0 Å². The monoisotopic (exact) mass is 320 g/mol. The van der Waals surface area contributed by atoms with Gasteiger partial charge in [0, 0.05) is 17.6 Å². The molecule has 2 aromatic rings. The van der Waals surface area contributed by atoms with Crippen molar-refractivity contribution >= 4 is 22.6 Å². The fourth-order valence-electron chi connectivity index (χ4n) is 2.95. The van der Waals surface area contributed by atoms with Crippen LogP contribution in [0.5, 0.6) is 5.88 Å². The molecule has 0 spiro atoms. The first-order chi connectivity index (χ1) is 10.8. The van der Waals surface area contributed by atoms with Gasteiger partial charge in [0.25, 0.3) is 5.88 Å². The summed E-state index contributed by atoms with van der Waals surface area (Å²) >= 11 is 5.93. The SMILES string of the molecule is C=CCN1CCC(CCOc2noc3cc(Cl)ccc23)CC1. The highest BCUT2D eigenvalue weighted by Gasteiger charge is 2.18. The fraction of sp³-hybridized carbons (Fsp3) is 0.471. The molecule has 0 aliphatic carbocycles. The lowest BCUT2D eigenvalue weighted by atomic mass is 9.94. The van der Waals surface area contributed by atoms with E-state index in [9.17, 15) is 0 Å². The van der Waals surface area contributed by atoms with E-state index in [0.717, 1.165) is 37.4 Å². The smallest absolute Gasteiger partial charge is 0.262 e. The Labute approximate surface area is 135 Å². The number of nitrogens with zero attached hydrogens (tertiary/aromatic N) is 2.